The van der Waals surface area contributed by atoms with Crippen molar-refractivity contribution < 1.29 is 8.78 Å². The molecule has 0 spiro atoms. The highest BCUT2D eigenvalue weighted by atomic mass is 19.1. The molecule has 0 amide bonds. The number of hydrogen-bond acceptors (Lipinski definition) is 1. The Labute approximate surface area is 126 Å². The van der Waals surface area contributed by atoms with Crippen molar-refractivity contribution in [1.29, 1.82) is 0 Å². The van der Waals surface area contributed by atoms with Crippen LogP contribution >= 0.6 is 0 Å². The predicted octanol–water partition coefficient (Wildman–Crippen LogP) is 4.75. The van der Waals surface area contributed by atoms with Crippen molar-refractivity contribution in [3.63, 3.8) is 0 Å². The van der Waals surface area contributed by atoms with Crippen LogP contribution in [0.25, 0.3) is 0 Å². The zero-order valence-corrected chi connectivity index (χ0v) is 13.0. The number of nitrogens with one attached hydrogen (secondary N) is 1. The molecule has 1 nitrogen and oxygen atoms in total. The molecule has 116 valence electrons. The van der Waals surface area contributed by atoms with Gasteiger partial charge in [-0.05, 0) is 62.1 Å². The highest BCUT2D eigenvalue weighted by Gasteiger charge is 2.55. The van der Waals surface area contributed by atoms with Gasteiger partial charge in [0, 0.05) is 11.6 Å². The average Bonchev–Trinajstić information content (AvgIpc) is 3.21. The van der Waals surface area contributed by atoms with Gasteiger partial charge in [-0.1, -0.05) is 25.8 Å². The molecule has 3 atom stereocenters. The van der Waals surface area contributed by atoms with Crippen molar-refractivity contribution in [1.82, 2.24) is 5.32 Å². The first-order valence-corrected chi connectivity index (χ1v) is 8.33. The number of halogens is 2. The fraction of sp³-hybridized carbons (Fsp3) is 0.667. The first-order chi connectivity index (χ1) is 10.1. The molecule has 0 bridgehead atoms. The van der Waals surface area contributed by atoms with Crippen molar-refractivity contribution in [2.75, 3.05) is 6.54 Å². The molecule has 3 unspecified atom stereocenters. The van der Waals surface area contributed by atoms with Gasteiger partial charge < -0.3 is 5.32 Å². The molecule has 2 saturated carbocycles. The Balaban J connectivity index is 1.91. The Hall–Kier alpha value is -0.960. The summed E-state index contributed by atoms with van der Waals surface area (Å²) in [4.78, 5) is 0. The predicted molar refractivity (Wildman–Crippen MR) is 81.1 cm³/mol. The molecule has 0 saturated heterocycles. The first-order valence-electron chi connectivity index (χ1n) is 8.33. The van der Waals surface area contributed by atoms with Crippen molar-refractivity contribution in [3.05, 3.63) is 34.9 Å². The molecule has 1 N–H and O–H groups in total. The minimum atomic E-state index is -0.393. The Morgan fingerprint density at radius 2 is 1.86 bits per heavy atom. The topological polar surface area (TPSA) is 12.0 Å². The van der Waals surface area contributed by atoms with Crippen LogP contribution in [0, 0.1) is 36.3 Å². The molecule has 1 aromatic rings. The van der Waals surface area contributed by atoms with E-state index in [0.717, 1.165) is 13.0 Å². The Morgan fingerprint density at radius 1 is 1.19 bits per heavy atom. The van der Waals surface area contributed by atoms with Gasteiger partial charge in [0.15, 0.2) is 0 Å². The largest absolute Gasteiger partial charge is 0.309 e. The lowest BCUT2D eigenvalue weighted by atomic mass is 9.96. The van der Waals surface area contributed by atoms with Crippen LogP contribution in [0.15, 0.2) is 12.1 Å². The van der Waals surface area contributed by atoms with E-state index in [9.17, 15) is 8.78 Å². The fourth-order valence-electron chi connectivity index (χ4n) is 4.24. The first kappa shape index (κ1) is 15.0. The van der Waals surface area contributed by atoms with Crippen molar-refractivity contribution in [3.8, 4) is 0 Å². The van der Waals surface area contributed by atoms with Gasteiger partial charge in [0.1, 0.15) is 11.6 Å². The maximum atomic E-state index is 14.5. The average molecular weight is 293 g/mol. The van der Waals surface area contributed by atoms with E-state index >= 15 is 0 Å². The normalized spacial score (nSPS) is 29.0. The van der Waals surface area contributed by atoms with Gasteiger partial charge in [-0.25, -0.2) is 8.78 Å². The van der Waals surface area contributed by atoms with Crippen LogP contribution in [-0.4, -0.2) is 6.54 Å². The van der Waals surface area contributed by atoms with Crippen molar-refractivity contribution in [2.45, 2.75) is 52.0 Å². The van der Waals surface area contributed by atoms with E-state index in [-0.39, 0.29) is 17.4 Å². The lowest BCUT2D eigenvalue weighted by Crippen LogP contribution is -2.27. The maximum absolute atomic E-state index is 14.5. The fourth-order valence-corrected chi connectivity index (χ4v) is 4.24. The summed E-state index contributed by atoms with van der Waals surface area (Å²) in [5, 5.41) is 3.43. The molecule has 0 aromatic heterocycles. The second-order valence-electron chi connectivity index (χ2n) is 6.71. The van der Waals surface area contributed by atoms with E-state index < -0.39 is 5.82 Å². The maximum Gasteiger partial charge on any atom is 0.133 e. The van der Waals surface area contributed by atoms with E-state index in [1.54, 1.807) is 6.92 Å². The van der Waals surface area contributed by atoms with Gasteiger partial charge in [0.05, 0.1) is 0 Å². The number of benzene rings is 1. The molecule has 0 aliphatic heterocycles. The molecule has 0 radical (unpaired) electrons. The van der Waals surface area contributed by atoms with Crippen LogP contribution in [0.5, 0.6) is 0 Å². The smallest absolute Gasteiger partial charge is 0.133 e. The summed E-state index contributed by atoms with van der Waals surface area (Å²) >= 11 is 0. The molecule has 3 heteroatoms. The summed E-state index contributed by atoms with van der Waals surface area (Å²) in [6.07, 6.45) is 5.99. The summed E-state index contributed by atoms with van der Waals surface area (Å²) in [5.41, 5.74) is 0.821. The van der Waals surface area contributed by atoms with Crippen LogP contribution in [0.2, 0.25) is 0 Å². The number of rotatable bonds is 5. The zero-order valence-electron chi connectivity index (χ0n) is 13.0. The van der Waals surface area contributed by atoms with E-state index in [0.29, 0.717) is 23.3 Å². The Kier molecular flexibility index (Phi) is 4.30. The SMILES string of the molecule is CCCNC(c1c(F)ccc(C)c1F)C1C2CCCCC21. The van der Waals surface area contributed by atoms with E-state index in [2.05, 4.69) is 12.2 Å². The molecular weight excluding hydrogens is 268 g/mol. The standard InChI is InChI=1S/C18H25F2N/c1-3-10-21-18(15-12-6-4-5-7-13(12)15)16-14(19)9-8-11(2)17(16)20/h8-9,12-13,15,18,21H,3-7,10H2,1-2H3. The van der Waals surface area contributed by atoms with Crippen molar-refractivity contribution >= 4 is 0 Å². The molecule has 21 heavy (non-hydrogen) atoms. The second-order valence-corrected chi connectivity index (χ2v) is 6.71. The van der Waals surface area contributed by atoms with E-state index in [1.807, 2.05) is 0 Å². The lowest BCUT2D eigenvalue weighted by Gasteiger charge is -2.21. The monoisotopic (exact) mass is 293 g/mol. The van der Waals surface area contributed by atoms with Gasteiger partial charge in [0.25, 0.3) is 0 Å². The summed E-state index contributed by atoms with van der Waals surface area (Å²) in [5.74, 6) is 1.02. The summed E-state index contributed by atoms with van der Waals surface area (Å²) in [6.45, 7) is 4.62. The molecule has 2 aliphatic carbocycles. The summed E-state index contributed by atoms with van der Waals surface area (Å²) in [6, 6.07) is 2.80. The second kappa shape index (κ2) is 6.04. The van der Waals surface area contributed by atoms with Gasteiger partial charge in [0.2, 0.25) is 0 Å². The van der Waals surface area contributed by atoms with Gasteiger partial charge in [-0.15, -0.1) is 0 Å². The molecule has 3 rings (SSSR count). The molecule has 2 aliphatic rings. The zero-order chi connectivity index (χ0) is 15.0. The Bertz CT molecular complexity index is 502. The quantitative estimate of drug-likeness (QED) is 0.826. The minimum Gasteiger partial charge on any atom is -0.309 e. The third kappa shape index (κ3) is 2.73. The molecule has 2 fully saturated rings. The molecule has 0 heterocycles. The summed E-state index contributed by atoms with van der Waals surface area (Å²) in [7, 11) is 0. The Morgan fingerprint density at radius 3 is 2.48 bits per heavy atom. The number of hydrogen-bond donors (Lipinski definition) is 1. The minimum absolute atomic E-state index is 0.155. The summed E-state index contributed by atoms with van der Waals surface area (Å²) < 4.78 is 28.8. The number of aryl methyl sites for hydroxylation is 1. The highest BCUT2D eigenvalue weighted by Crippen LogP contribution is 2.60. The van der Waals surface area contributed by atoms with E-state index in [1.165, 1.54) is 37.8 Å². The van der Waals surface area contributed by atoms with Crippen LogP contribution < -0.4 is 5.32 Å². The molecule has 1 aromatic carbocycles. The highest BCUT2D eigenvalue weighted by molar-refractivity contribution is 5.31. The van der Waals surface area contributed by atoms with Gasteiger partial charge >= 0.3 is 0 Å². The van der Waals surface area contributed by atoms with Crippen LogP contribution in [0.3, 0.4) is 0 Å². The van der Waals surface area contributed by atoms with E-state index in [4.69, 9.17) is 0 Å². The van der Waals surface area contributed by atoms with Crippen LogP contribution in [0.4, 0.5) is 8.78 Å². The lowest BCUT2D eigenvalue weighted by molar-refractivity contribution is 0.406. The van der Waals surface area contributed by atoms with Gasteiger partial charge in [-0.2, -0.15) is 0 Å². The third-order valence-electron chi connectivity index (χ3n) is 5.35. The number of fused-ring (bicyclic) bond motifs is 1. The van der Waals surface area contributed by atoms with Gasteiger partial charge in [-0.3, -0.25) is 0 Å². The van der Waals surface area contributed by atoms with Crippen molar-refractivity contribution in [2.24, 2.45) is 17.8 Å². The third-order valence-corrected chi connectivity index (χ3v) is 5.35. The van der Waals surface area contributed by atoms with Crippen LogP contribution in [-0.2, 0) is 0 Å². The molecular formula is C18H25F2N. The van der Waals surface area contributed by atoms with Crippen LogP contribution in [0.1, 0.15) is 56.2 Å².